The Hall–Kier alpha value is -5.56. The lowest BCUT2D eigenvalue weighted by Crippen LogP contribution is -2.28. The molecule has 0 aliphatic rings. The van der Waals surface area contributed by atoms with Crippen LogP contribution >= 0.6 is 0 Å². The van der Waals surface area contributed by atoms with Crippen molar-refractivity contribution in [3.05, 3.63) is 93.0 Å². The molecule has 0 aromatic heterocycles. The van der Waals surface area contributed by atoms with E-state index in [0.717, 1.165) is 50.2 Å². The molecule has 54 heavy (non-hydrogen) atoms. The summed E-state index contributed by atoms with van der Waals surface area (Å²) in [5, 5.41) is 38.8. The van der Waals surface area contributed by atoms with Crippen LogP contribution in [0.2, 0.25) is 0 Å². The number of rotatable bonds is 4. The highest BCUT2D eigenvalue weighted by Crippen LogP contribution is 2.52. The van der Waals surface area contributed by atoms with E-state index in [1.165, 1.54) is 13.8 Å². The van der Waals surface area contributed by atoms with Crippen molar-refractivity contribution in [2.24, 2.45) is 0 Å². The highest BCUT2D eigenvalue weighted by atomic mass is 19.4. The van der Waals surface area contributed by atoms with Gasteiger partial charge in [0.1, 0.15) is 11.1 Å². The van der Waals surface area contributed by atoms with Gasteiger partial charge in [-0.25, -0.2) is 0 Å². The molecule has 4 rings (SSSR count). The van der Waals surface area contributed by atoms with Crippen molar-refractivity contribution in [3.63, 3.8) is 0 Å². The molecule has 0 aliphatic heterocycles. The zero-order valence-electron chi connectivity index (χ0n) is 28.3. The SMILES string of the molecule is CC(C)(c1cc(N)c(O)c(C(F)(F)F)c1)c1cc(N)c(O)c(C(F)(F)F)c1.CC(C)(c1ccc(N)c(O)c1C(F)(F)F)c1ccc(N)c(O)c1C(F)(F)F. The second-order valence-electron chi connectivity index (χ2n) is 13.0. The van der Waals surface area contributed by atoms with Gasteiger partial charge < -0.3 is 43.4 Å². The van der Waals surface area contributed by atoms with Crippen molar-refractivity contribution in [1.29, 1.82) is 0 Å². The highest BCUT2D eigenvalue weighted by Gasteiger charge is 2.46. The van der Waals surface area contributed by atoms with E-state index in [1.807, 2.05) is 0 Å². The predicted octanol–water partition coefficient (Wildman–Crippen LogP) is 9.25. The van der Waals surface area contributed by atoms with Gasteiger partial charge in [-0.2, -0.15) is 52.7 Å². The number of hydrogen-bond donors (Lipinski definition) is 8. The van der Waals surface area contributed by atoms with E-state index in [0.29, 0.717) is 12.1 Å². The van der Waals surface area contributed by atoms with Crippen molar-refractivity contribution < 1.29 is 73.1 Å². The summed E-state index contributed by atoms with van der Waals surface area (Å²) in [4.78, 5) is 0. The molecule has 20 heteroatoms. The van der Waals surface area contributed by atoms with Crippen LogP contribution in [0.25, 0.3) is 0 Å². The molecule has 0 atom stereocenters. The molecule has 0 aliphatic carbocycles. The van der Waals surface area contributed by atoms with Gasteiger partial charge in [-0.05, 0) is 58.7 Å². The van der Waals surface area contributed by atoms with Gasteiger partial charge in [-0.15, -0.1) is 0 Å². The molecule has 0 radical (unpaired) electrons. The van der Waals surface area contributed by atoms with Gasteiger partial charge in [0.15, 0.2) is 23.0 Å². The second-order valence-corrected chi connectivity index (χ2v) is 13.0. The van der Waals surface area contributed by atoms with Gasteiger partial charge >= 0.3 is 24.7 Å². The molecule has 0 saturated heterocycles. The van der Waals surface area contributed by atoms with Gasteiger partial charge in [0.25, 0.3) is 0 Å². The predicted molar refractivity (Wildman–Crippen MR) is 174 cm³/mol. The number of hydrogen-bond acceptors (Lipinski definition) is 8. The molecular weight excluding hydrogens is 756 g/mol. The Morgan fingerprint density at radius 1 is 0.370 bits per heavy atom. The lowest BCUT2D eigenvalue weighted by molar-refractivity contribution is -0.141. The van der Waals surface area contributed by atoms with E-state index in [1.54, 1.807) is 0 Å². The van der Waals surface area contributed by atoms with Crippen molar-refractivity contribution in [3.8, 4) is 23.0 Å². The van der Waals surface area contributed by atoms with Gasteiger partial charge in [0.05, 0.1) is 33.9 Å². The number of aromatic hydroxyl groups is 4. The molecule has 0 bridgehead atoms. The standard InChI is InChI=1S/2C17H16F6N2O2/c1-15(2,7-3-9(16(18,19)20)13(26)11(24)5-7)8-4-10(17(21,22)23)14(27)12(25)6-8;1-15(2,7-3-5-9(24)13(26)11(7)16(18,19)20)8-4-6-10(25)14(27)12(8)17(21,22)23/h2*3-6,26-27H,24-25H2,1-2H3. The molecule has 0 heterocycles. The Kier molecular flexibility index (Phi) is 10.9. The summed E-state index contributed by atoms with van der Waals surface area (Å²) < 4.78 is 160. The van der Waals surface area contributed by atoms with Crippen molar-refractivity contribution in [1.82, 2.24) is 0 Å². The van der Waals surface area contributed by atoms with Crippen LogP contribution in [0, 0.1) is 0 Å². The van der Waals surface area contributed by atoms with E-state index < -0.39 is 115 Å². The highest BCUT2D eigenvalue weighted by molar-refractivity contribution is 5.67. The van der Waals surface area contributed by atoms with Crippen molar-refractivity contribution in [2.75, 3.05) is 22.9 Å². The van der Waals surface area contributed by atoms with Crippen LogP contribution in [0.4, 0.5) is 75.4 Å². The minimum absolute atomic E-state index is 0.0941. The van der Waals surface area contributed by atoms with Crippen LogP contribution in [-0.4, -0.2) is 20.4 Å². The summed E-state index contributed by atoms with van der Waals surface area (Å²) in [6.45, 7) is 4.94. The first kappa shape index (κ1) is 42.8. The number of alkyl halides is 12. The maximum absolute atomic E-state index is 13.5. The number of nitrogen functional groups attached to an aromatic ring is 4. The van der Waals surface area contributed by atoms with Crippen LogP contribution in [0.5, 0.6) is 23.0 Å². The first-order valence-electron chi connectivity index (χ1n) is 14.9. The average Bonchev–Trinajstić information content (AvgIpc) is 2.99. The Labute approximate surface area is 298 Å². The van der Waals surface area contributed by atoms with Crippen LogP contribution in [-0.2, 0) is 35.5 Å². The second kappa shape index (κ2) is 13.7. The Balaban J connectivity index is 0.000000290. The van der Waals surface area contributed by atoms with E-state index in [2.05, 4.69) is 0 Å². The molecule has 0 saturated carbocycles. The van der Waals surface area contributed by atoms with Gasteiger partial charge in [0.2, 0.25) is 0 Å². The zero-order chi connectivity index (χ0) is 41.9. The number of anilines is 4. The first-order chi connectivity index (χ1) is 24.2. The van der Waals surface area contributed by atoms with Crippen LogP contribution in [0.15, 0.2) is 48.5 Å². The Bertz CT molecular complexity index is 1930. The summed E-state index contributed by atoms with van der Waals surface area (Å²) in [6.07, 6.45) is -20.0. The number of nitrogens with two attached hydrogens (primary N) is 4. The smallest absolute Gasteiger partial charge is 0.420 e. The lowest BCUT2D eigenvalue weighted by atomic mass is 9.73. The van der Waals surface area contributed by atoms with Gasteiger partial charge in [-0.1, -0.05) is 39.8 Å². The fourth-order valence-electron chi connectivity index (χ4n) is 5.61. The molecule has 0 spiro atoms. The summed E-state index contributed by atoms with van der Waals surface area (Å²) in [6, 6.07) is 7.03. The van der Waals surface area contributed by atoms with Gasteiger partial charge in [0, 0.05) is 10.8 Å². The zero-order valence-corrected chi connectivity index (χ0v) is 28.3. The molecule has 0 fully saturated rings. The largest absolute Gasteiger partial charge is 0.505 e. The molecule has 12 N–H and O–H groups in total. The number of phenols is 4. The fourth-order valence-corrected chi connectivity index (χ4v) is 5.61. The maximum Gasteiger partial charge on any atom is 0.420 e. The number of phenolic OH excluding ortho intramolecular Hbond substituents is 4. The van der Waals surface area contributed by atoms with E-state index in [4.69, 9.17) is 22.9 Å². The normalized spacial score (nSPS) is 13.0. The average molecular weight is 789 g/mol. The van der Waals surface area contributed by atoms with Crippen molar-refractivity contribution in [2.45, 2.75) is 63.2 Å². The Morgan fingerprint density at radius 2 is 0.667 bits per heavy atom. The summed E-state index contributed by atoms with van der Waals surface area (Å²) in [7, 11) is 0. The number of halogens is 12. The summed E-state index contributed by atoms with van der Waals surface area (Å²) in [5.41, 5.74) is 8.55. The molecule has 296 valence electrons. The van der Waals surface area contributed by atoms with Crippen molar-refractivity contribution >= 4 is 22.7 Å². The minimum atomic E-state index is -5.08. The monoisotopic (exact) mass is 788 g/mol. The summed E-state index contributed by atoms with van der Waals surface area (Å²) >= 11 is 0. The third-order valence-corrected chi connectivity index (χ3v) is 8.66. The molecule has 4 aromatic rings. The maximum atomic E-state index is 13.5. The minimum Gasteiger partial charge on any atom is -0.505 e. The van der Waals surface area contributed by atoms with Gasteiger partial charge in [-0.3, -0.25) is 0 Å². The fraction of sp³-hybridized carbons (Fsp3) is 0.294. The van der Waals surface area contributed by atoms with Crippen LogP contribution in [0.1, 0.15) is 72.2 Å². The Morgan fingerprint density at radius 3 is 0.926 bits per heavy atom. The van der Waals surface area contributed by atoms with Crippen LogP contribution < -0.4 is 22.9 Å². The lowest BCUT2D eigenvalue weighted by Gasteiger charge is -2.32. The molecule has 0 amide bonds. The summed E-state index contributed by atoms with van der Waals surface area (Å²) in [5.74, 6) is -4.88. The third-order valence-electron chi connectivity index (χ3n) is 8.66. The van der Waals surface area contributed by atoms with Crippen LogP contribution in [0.3, 0.4) is 0 Å². The van der Waals surface area contributed by atoms with E-state index in [-0.39, 0.29) is 11.1 Å². The molecule has 4 aromatic carbocycles. The molecule has 0 unspecified atom stereocenters. The first-order valence-corrected chi connectivity index (χ1v) is 14.9. The van der Waals surface area contributed by atoms with E-state index in [9.17, 15) is 73.1 Å². The third kappa shape index (κ3) is 8.15. The van der Waals surface area contributed by atoms with E-state index >= 15 is 0 Å². The number of benzene rings is 4. The quantitative estimate of drug-likeness (QED) is 0.0571. The molecule has 8 nitrogen and oxygen atoms in total. The topological polar surface area (TPSA) is 185 Å². The molecular formula is C34H32F12N4O4.